The molecule has 0 spiro atoms. The Kier molecular flexibility index (Phi) is 2.10. The number of hydrogen-bond acceptors (Lipinski definition) is 5. The van der Waals surface area contributed by atoms with Gasteiger partial charge in [0.1, 0.15) is 24.2 Å². The summed E-state index contributed by atoms with van der Waals surface area (Å²) in [7, 11) is 0. The number of hydrogen-bond donors (Lipinski definition) is 0. The van der Waals surface area contributed by atoms with Gasteiger partial charge >= 0.3 is 0 Å². The molecule has 0 N–H and O–H groups in total. The van der Waals surface area contributed by atoms with Crippen LogP contribution < -0.4 is 0 Å². The van der Waals surface area contributed by atoms with E-state index in [1.54, 1.807) is 18.2 Å². The van der Waals surface area contributed by atoms with Crippen LogP contribution in [0.5, 0.6) is 0 Å². The van der Waals surface area contributed by atoms with Crippen LogP contribution in [0.25, 0.3) is 5.82 Å². The molecule has 2 aromatic rings. The summed E-state index contributed by atoms with van der Waals surface area (Å²) in [5.74, 6) is 0.530. The topological polar surface area (TPSA) is 91.2 Å². The summed E-state index contributed by atoms with van der Waals surface area (Å²) in [4.78, 5) is 7.73. The maximum absolute atomic E-state index is 8.65. The number of nitriles is 2. The van der Waals surface area contributed by atoms with Crippen LogP contribution in [-0.4, -0.2) is 19.7 Å². The molecule has 2 heterocycles. The molecule has 0 amide bonds. The Labute approximate surface area is 85.1 Å². The molecule has 0 atom stereocenters. The zero-order valence-corrected chi connectivity index (χ0v) is 7.49. The molecule has 6 heteroatoms. The van der Waals surface area contributed by atoms with Gasteiger partial charge in [-0.3, -0.25) is 0 Å². The first-order valence-corrected chi connectivity index (χ1v) is 4.03. The van der Waals surface area contributed by atoms with Gasteiger partial charge in [-0.15, -0.1) is 5.10 Å². The summed E-state index contributed by atoms with van der Waals surface area (Å²) >= 11 is 0. The third-order valence-corrected chi connectivity index (χ3v) is 1.68. The molecule has 0 fully saturated rings. The molecule has 6 nitrogen and oxygen atoms in total. The molecule has 70 valence electrons. The van der Waals surface area contributed by atoms with Crippen molar-refractivity contribution < 1.29 is 0 Å². The lowest BCUT2D eigenvalue weighted by Crippen LogP contribution is -1.99. The van der Waals surface area contributed by atoms with Gasteiger partial charge in [0.05, 0.1) is 0 Å². The van der Waals surface area contributed by atoms with Crippen LogP contribution in [0.3, 0.4) is 0 Å². The van der Waals surface area contributed by atoms with E-state index in [0.29, 0.717) is 11.5 Å². The lowest BCUT2D eigenvalue weighted by molar-refractivity contribution is 0.838. The van der Waals surface area contributed by atoms with Crippen molar-refractivity contribution in [3.8, 4) is 18.0 Å². The van der Waals surface area contributed by atoms with Gasteiger partial charge in [0.2, 0.25) is 0 Å². The van der Waals surface area contributed by atoms with E-state index in [1.807, 2.05) is 12.1 Å². The van der Waals surface area contributed by atoms with Crippen molar-refractivity contribution in [2.45, 2.75) is 0 Å². The SMILES string of the molecule is N#Cc1cccc(-n2cnc(C#N)n2)n1. The van der Waals surface area contributed by atoms with Crippen LogP contribution in [0.15, 0.2) is 24.5 Å². The van der Waals surface area contributed by atoms with Gasteiger partial charge in [-0.25, -0.2) is 14.6 Å². The van der Waals surface area contributed by atoms with Crippen LogP contribution in [0.4, 0.5) is 0 Å². The highest BCUT2D eigenvalue weighted by molar-refractivity contribution is 5.29. The van der Waals surface area contributed by atoms with Crippen molar-refractivity contribution >= 4 is 0 Å². The zero-order chi connectivity index (χ0) is 10.7. The lowest BCUT2D eigenvalue weighted by Gasteiger charge is -1.97. The molecule has 0 aliphatic heterocycles. The molecule has 15 heavy (non-hydrogen) atoms. The number of pyridine rings is 1. The maximum atomic E-state index is 8.65. The van der Waals surface area contributed by atoms with E-state index >= 15 is 0 Å². The van der Waals surface area contributed by atoms with Gasteiger partial charge < -0.3 is 0 Å². The molecule has 0 unspecified atom stereocenters. The van der Waals surface area contributed by atoms with E-state index in [0.717, 1.165) is 0 Å². The van der Waals surface area contributed by atoms with Crippen LogP contribution in [0.1, 0.15) is 11.5 Å². The van der Waals surface area contributed by atoms with E-state index in [2.05, 4.69) is 15.1 Å². The highest BCUT2D eigenvalue weighted by Gasteiger charge is 2.03. The molecule has 0 saturated heterocycles. The Bertz CT molecular complexity index is 571. The third-order valence-electron chi connectivity index (χ3n) is 1.68. The van der Waals surface area contributed by atoms with E-state index in [1.165, 1.54) is 11.0 Å². The number of aromatic nitrogens is 4. The van der Waals surface area contributed by atoms with E-state index in [4.69, 9.17) is 10.5 Å². The number of rotatable bonds is 1. The normalized spacial score (nSPS) is 9.20. The quantitative estimate of drug-likeness (QED) is 0.658. The molecule has 2 aromatic heterocycles. The number of nitrogens with zero attached hydrogens (tertiary/aromatic N) is 6. The highest BCUT2D eigenvalue weighted by Crippen LogP contribution is 2.03. The Morgan fingerprint density at radius 3 is 2.73 bits per heavy atom. The molecule has 0 aromatic carbocycles. The Morgan fingerprint density at radius 2 is 2.07 bits per heavy atom. The molecule has 2 rings (SSSR count). The molecular weight excluding hydrogens is 192 g/mol. The van der Waals surface area contributed by atoms with Crippen molar-refractivity contribution in [2.75, 3.05) is 0 Å². The average Bonchev–Trinajstić information content (AvgIpc) is 2.78. The second kappa shape index (κ2) is 3.56. The van der Waals surface area contributed by atoms with Gasteiger partial charge in [-0.1, -0.05) is 6.07 Å². The second-order valence-corrected chi connectivity index (χ2v) is 2.62. The first-order chi connectivity index (χ1) is 7.33. The largest absolute Gasteiger partial charge is 0.252 e. The average molecular weight is 196 g/mol. The van der Waals surface area contributed by atoms with Crippen molar-refractivity contribution in [3.63, 3.8) is 0 Å². The zero-order valence-electron chi connectivity index (χ0n) is 7.49. The lowest BCUT2D eigenvalue weighted by atomic mass is 10.4. The Hall–Kier alpha value is -2.73. The molecule has 0 aliphatic rings. The first-order valence-electron chi connectivity index (χ1n) is 4.03. The fourth-order valence-corrected chi connectivity index (χ4v) is 1.04. The predicted octanol–water partition coefficient (Wildman–Crippen LogP) is 0.406. The summed E-state index contributed by atoms with van der Waals surface area (Å²) in [6.45, 7) is 0. The van der Waals surface area contributed by atoms with Crippen molar-refractivity contribution in [1.29, 1.82) is 10.5 Å². The first kappa shape index (κ1) is 8.85. The summed E-state index contributed by atoms with van der Waals surface area (Å²) in [5, 5.41) is 21.0. The standard InChI is InChI=1S/C9H4N6/c10-4-7-2-1-3-9(13-7)15-6-12-8(5-11)14-15/h1-3,6H. The smallest absolute Gasteiger partial charge is 0.218 e. The predicted molar refractivity (Wildman–Crippen MR) is 48.6 cm³/mol. The second-order valence-electron chi connectivity index (χ2n) is 2.62. The third kappa shape index (κ3) is 1.64. The van der Waals surface area contributed by atoms with Crippen LogP contribution in [0.2, 0.25) is 0 Å². The Morgan fingerprint density at radius 1 is 1.20 bits per heavy atom. The molecule has 0 bridgehead atoms. The van der Waals surface area contributed by atoms with Gasteiger partial charge in [0.15, 0.2) is 5.82 Å². The fraction of sp³-hybridized carbons (Fsp3) is 0. The van der Waals surface area contributed by atoms with E-state index in [-0.39, 0.29) is 5.82 Å². The molecule has 0 saturated carbocycles. The molecule has 0 aliphatic carbocycles. The minimum atomic E-state index is 0.0687. The minimum Gasteiger partial charge on any atom is -0.218 e. The highest BCUT2D eigenvalue weighted by atomic mass is 15.4. The van der Waals surface area contributed by atoms with E-state index in [9.17, 15) is 0 Å². The Balaban J connectivity index is 2.46. The van der Waals surface area contributed by atoms with Crippen LogP contribution in [0, 0.1) is 22.7 Å². The van der Waals surface area contributed by atoms with E-state index < -0.39 is 0 Å². The summed E-state index contributed by atoms with van der Waals surface area (Å²) in [6.07, 6.45) is 1.38. The van der Waals surface area contributed by atoms with Crippen molar-refractivity contribution in [2.24, 2.45) is 0 Å². The van der Waals surface area contributed by atoms with Crippen molar-refractivity contribution in [1.82, 2.24) is 19.7 Å². The van der Waals surface area contributed by atoms with Gasteiger partial charge in [0, 0.05) is 0 Å². The fourth-order valence-electron chi connectivity index (χ4n) is 1.04. The van der Waals surface area contributed by atoms with Crippen molar-refractivity contribution in [3.05, 3.63) is 36.0 Å². The summed E-state index contributed by atoms with van der Waals surface area (Å²) in [6, 6.07) is 8.69. The molecule has 0 radical (unpaired) electrons. The summed E-state index contributed by atoms with van der Waals surface area (Å²) in [5.41, 5.74) is 0.293. The van der Waals surface area contributed by atoms with Crippen LogP contribution in [-0.2, 0) is 0 Å². The van der Waals surface area contributed by atoms with Gasteiger partial charge in [-0.2, -0.15) is 10.5 Å². The van der Waals surface area contributed by atoms with Crippen LogP contribution >= 0.6 is 0 Å². The monoisotopic (exact) mass is 196 g/mol. The summed E-state index contributed by atoms with van der Waals surface area (Å²) < 4.78 is 1.35. The van der Waals surface area contributed by atoms with Gasteiger partial charge in [-0.05, 0) is 12.1 Å². The molecular formula is C9H4N6. The maximum Gasteiger partial charge on any atom is 0.252 e. The minimum absolute atomic E-state index is 0.0687. The van der Waals surface area contributed by atoms with Gasteiger partial charge in [0.25, 0.3) is 5.82 Å².